The second-order valence-electron chi connectivity index (χ2n) is 4.62. The number of carboxylic acid groups (broad SMARTS) is 1. The molecule has 1 rings (SSSR count). The van der Waals surface area contributed by atoms with Gasteiger partial charge in [-0.05, 0) is 25.3 Å². The third-order valence-electron chi connectivity index (χ3n) is 2.96. The molecule has 4 nitrogen and oxygen atoms in total. The van der Waals surface area contributed by atoms with Crippen molar-refractivity contribution in [3.05, 3.63) is 23.6 Å². The molecule has 2 N–H and O–H groups in total. The summed E-state index contributed by atoms with van der Waals surface area (Å²) >= 11 is 0. The van der Waals surface area contributed by atoms with E-state index in [2.05, 4.69) is 24.1 Å². The molecule has 18 heavy (non-hydrogen) atoms. The van der Waals surface area contributed by atoms with E-state index in [4.69, 9.17) is 5.11 Å². The monoisotopic (exact) mass is 254 g/mol. The molecule has 0 aliphatic rings. The van der Waals surface area contributed by atoms with Gasteiger partial charge in [-0.1, -0.05) is 20.3 Å². The van der Waals surface area contributed by atoms with Crippen LogP contribution in [0.15, 0.2) is 12.3 Å². The van der Waals surface area contributed by atoms with Gasteiger partial charge < -0.3 is 10.4 Å². The lowest BCUT2D eigenvalue weighted by Gasteiger charge is -2.18. The molecule has 0 radical (unpaired) electrons. The minimum Gasteiger partial charge on any atom is -0.478 e. The molecule has 0 bridgehead atoms. The minimum atomic E-state index is -1.28. The van der Waals surface area contributed by atoms with E-state index >= 15 is 0 Å². The SMILES string of the molecule is CCC(C)CC(C)Nc1nccc(C(=O)O)c1F. The smallest absolute Gasteiger partial charge is 0.338 e. The van der Waals surface area contributed by atoms with E-state index in [1.54, 1.807) is 0 Å². The lowest BCUT2D eigenvalue weighted by atomic mass is 10.0. The predicted octanol–water partition coefficient (Wildman–Crippen LogP) is 3.16. The number of carbonyl (C=O) groups is 1. The molecule has 0 saturated carbocycles. The first-order valence-corrected chi connectivity index (χ1v) is 6.10. The number of hydrogen-bond donors (Lipinski definition) is 2. The Hall–Kier alpha value is -1.65. The Morgan fingerprint density at radius 2 is 2.22 bits per heavy atom. The van der Waals surface area contributed by atoms with Crippen LogP contribution >= 0.6 is 0 Å². The van der Waals surface area contributed by atoms with Crippen LogP contribution in [0.2, 0.25) is 0 Å². The molecule has 0 saturated heterocycles. The molecule has 0 amide bonds. The third-order valence-corrected chi connectivity index (χ3v) is 2.96. The molecule has 0 aliphatic carbocycles. The molecule has 0 aliphatic heterocycles. The van der Waals surface area contributed by atoms with Crippen molar-refractivity contribution in [2.75, 3.05) is 5.32 Å². The highest BCUT2D eigenvalue weighted by Crippen LogP contribution is 2.18. The molecule has 1 heterocycles. The number of anilines is 1. The zero-order valence-corrected chi connectivity index (χ0v) is 10.9. The van der Waals surface area contributed by atoms with E-state index in [1.807, 2.05) is 6.92 Å². The summed E-state index contributed by atoms with van der Waals surface area (Å²) in [6.45, 7) is 6.15. The fourth-order valence-corrected chi connectivity index (χ4v) is 1.77. The Kier molecular flexibility index (Phi) is 5.07. The summed E-state index contributed by atoms with van der Waals surface area (Å²) in [6, 6.07) is 1.20. The lowest BCUT2D eigenvalue weighted by molar-refractivity contribution is 0.0692. The van der Waals surface area contributed by atoms with Gasteiger partial charge in [0, 0.05) is 12.2 Å². The van der Waals surface area contributed by atoms with Crippen molar-refractivity contribution < 1.29 is 14.3 Å². The van der Waals surface area contributed by atoms with Gasteiger partial charge in [-0.15, -0.1) is 0 Å². The van der Waals surface area contributed by atoms with Crippen molar-refractivity contribution in [2.24, 2.45) is 5.92 Å². The van der Waals surface area contributed by atoms with Crippen molar-refractivity contribution >= 4 is 11.8 Å². The summed E-state index contributed by atoms with van der Waals surface area (Å²) in [7, 11) is 0. The van der Waals surface area contributed by atoms with Crippen LogP contribution in [-0.4, -0.2) is 22.1 Å². The van der Waals surface area contributed by atoms with Crippen molar-refractivity contribution in [3.8, 4) is 0 Å². The highest BCUT2D eigenvalue weighted by molar-refractivity contribution is 5.88. The summed E-state index contributed by atoms with van der Waals surface area (Å²) in [5.41, 5.74) is -0.358. The van der Waals surface area contributed by atoms with Crippen molar-refractivity contribution in [3.63, 3.8) is 0 Å². The van der Waals surface area contributed by atoms with E-state index in [-0.39, 0.29) is 17.4 Å². The highest BCUT2D eigenvalue weighted by Gasteiger charge is 2.16. The van der Waals surface area contributed by atoms with E-state index < -0.39 is 11.8 Å². The van der Waals surface area contributed by atoms with Gasteiger partial charge in [-0.2, -0.15) is 0 Å². The fraction of sp³-hybridized carbons (Fsp3) is 0.538. The first kappa shape index (κ1) is 14.4. The van der Waals surface area contributed by atoms with Gasteiger partial charge in [0.25, 0.3) is 0 Å². The summed E-state index contributed by atoms with van der Waals surface area (Å²) < 4.78 is 13.8. The molecule has 2 unspecified atom stereocenters. The number of hydrogen-bond acceptors (Lipinski definition) is 3. The Labute approximate surface area is 106 Å². The van der Waals surface area contributed by atoms with Crippen LogP contribution < -0.4 is 5.32 Å². The van der Waals surface area contributed by atoms with Gasteiger partial charge in [-0.25, -0.2) is 14.2 Å². The Morgan fingerprint density at radius 3 is 2.78 bits per heavy atom. The number of aromatic nitrogens is 1. The van der Waals surface area contributed by atoms with Gasteiger partial charge in [-0.3, -0.25) is 0 Å². The maximum Gasteiger partial charge on any atom is 0.338 e. The number of nitrogens with one attached hydrogen (secondary N) is 1. The molecule has 0 spiro atoms. The molecular weight excluding hydrogens is 235 g/mol. The molecule has 1 aromatic rings. The van der Waals surface area contributed by atoms with Crippen LogP contribution in [0.4, 0.5) is 10.2 Å². The summed E-state index contributed by atoms with van der Waals surface area (Å²) in [5, 5.41) is 11.7. The molecule has 1 aromatic heterocycles. The maximum absolute atomic E-state index is 13.8. The van der Waals surface area contributed by atoms with Crippen LogP contribution in [0.5, 0.6) is 0 Å². The average molecular weight is 254 g/mol. The van der Waals surface area contributed by atoms with Crippen LogP contribution in [0.1, 0.15) is 44.0 Å². The number of pyridine rings is 1. The first-order chi connectivity index (χ1) is 8.45. The molecule has 2 atom stereocenters. The summed E-state index contributed by atoms with van der Waals surface area (Å²) in [5.74, 6) is -1.56. The quantitative estimate of drug-likeness (QED) is 0.818. The van der Waals surface area contributed by atoms with E-state index in [0.717, 1.165) is 18.9 Å². The number of carboxylic acids is 1. The fourth-order valence-electron chi connectivity index (χ4n) is 1.77. The average Bonchev–Trinajstić information content (AvgIpc) is 2.31. The van der Waals surface area contributed by atoms with Crippen molar-refractivity contribution in [2.45, 2.75) is 39.7 Å². The summed E-state index contributed by atoms with van der Waals surface area (Å²) in [4.78, 5) is 14.6. The standard InChI is InChI=1S/C13H19FN2O2/c1-4-8(2)7-9(3)16-12-11(14)10(13(17)18)5-6-15-12/h5-6,8-9H,4,7H2,1-3H3,(H,15,16)(H,17,18). The van der Waals surface area contributed by atoms with E-state index in [0.29, 0.717) is 5.92 Å². The number of rotatable bonds is 6. The summed E-state index contributed by atoms with van der Waals surface area (Å²) in [6.07, 6.45) is 3.23. The molecule has 100 valence electrons. The number of halogens is 1. The number of aromatic carboxylic acids is 1. The van der Waals surface area contributed by atoms with Gasteiger partial charge >= 0.3 is 5.97 Å². The zero-order valence-electron chi connectivity index (χ0n) is 10.9. The van der Waals surface area contributed by atoms with Crippen LogP contribution in [-0.2, 0) is 0 Å². The lowest BCUT2D eigenvalue weighted by Crippen LogP contribution is -2.20. The molecule has 0 fully saturated rings. The normalized spacial score (nSPS) is 14.0. The topological polar surface area (TPSA) is 62.2 Å². The van der Waals surface area contributed by atoms with Crippen LogP contribution in [0.3, 0.4) is 0 Å². The van der Waals surface area contributed by atoms with Gasteiger partial charge in [0.05, 0.1) is 0 Å². The van der Waals surface area contributed by atoms with Crippen molar-refractivity contribution in [1.29, 1.82) is 0 Å². The minimum absolute atomic E-state index is 0.00528. The third kappa shape index (κ3) is 3.68. The highest BCUT2D eigenvalue weighted by atomic mass is 19.1. The molecule has 0 aromatic carbocycles. The van der Waals surface area contributed by atoms with Gasteiger partial charge in [0.15, 0.2) is 11.6 Å². The van der Waals surface area contributed by atoms with Gasteiger partial charge in [0.1, 0.15) is 5.56 Å². The predicted molar refractivity (Wildman–Crippen MR) is 68.3 cm³/mol. The van der Waals surface area contributed by atoms with Gasteiger partial charge in [0.2, 0.25) is 0 Å². The second kappa shape index (κ2) is 6.33. The second-order valence-corrected chi connectivity index (χ2v) is 4.62. The zero-order chi connectivity index (χ0) is 13.7. The van der Waals surface area contributed by atoms with Crippen LogP contribution in [0, 0.1) is 11.7 Å². The Morgan fingerprint density at radius 1 is 1.56 bits per heavy atom. The number of nitrogens with zero attached hydrogens (tertiary/aromatic N) is 1. The van der Waals surface area contributed by atoms with E-state index in [1.165, 1.54) is 6.20 Å². The largest absolute Gasteiger partial charge is 0.478 e. The Bertz CT molecular complexity index is 423. The molecule has 5 heteroatoms. The first-order valence-electron chi connectivity index (χ1n) is 6.10. The van der Waals surface area contributed by atoms with E-state index in [9.17, 15) is 9.18 Å². The maximum atomic E-state index is 13.8. The van der Waals surface area contributed by atoms with Crippen LogP contribution in [0.25, 0.3) is 0 Å². The molecular formula is C13H19FN2O2. The Balaban J connectivity index is 2.79. The van der Waals surface area contributed by atoms with Crippen molar-refractivity contribution in [1.82, 2.24) is 4.98 Å².